The normalized spacial score (nSPS) is 12.2. The molecule has 1 atom stereocenters. The average Bonchev–Trinajstić information content (AvgIpc) is 3.44. The Morgan fingerprint density at radius 2 is 1.69 bits per heavy atom. The molecule has 0 aliphatic carbocycles. The van der Waals surface area contributed by atoms with Gasteiger partial charge in [-0.25, -0.2) is 26.2 Å². The summed E-state index contributed by atoms with van der Waals surface area (Å²) < 4.78 is 90.9. The van der Waals surface area contributed by atoms with Gasteiger partial charge >= 0.3 is 5.97 Å². The van der Waals surface area contributed by atoms with E-state index in [2.05, 4.69) is 0 Å². The van der Waals surface area contributed by atoms with Crippen LogP contribution in [-0.2, 0) is 39.4 Å². The van der Waals surface area contributed by atoms with E-state index in [0.29, 0.717) is 11.6 Å². The Kier molecular flexibility index (Phi) is 10.6. The summed E-state index contributed by atoms with van der Waals surface area (Å²) in [5.74, 6) is -3.41. The summed E-state index contributed by atoms with van der Waals surface area (Å²) in [5, 5.41) is 0.286. The van der Waals surface area contributed by atoms with Gasteiger partial charge in [0.05, 0.1) is 18.0 Å². The first kappa shape index (κ1) is 35.4. The highest BCUT2D eigenvalue weighted by Gasteiger charge is 2.26. The number of esters is 1. The van der Waals surface area contributed by atoms with Crippen LogP contribution in [0.25, 0.3) is 22.0 Å². The van der Waals surface area contributed by atoms with Crippen LogP contribution in [0.1, 0.15) is 29.9 Å². The third kappa shape index (κ3) is 7.74. The molecule has 0 radical (unpaired) electrons. The van der Waals surface area contributed by atoms with Crippen LogP contribution >= 0.6 is 0 Å². The summed E-state index contributed by atoms with van der Waals surface area (Å²) in [5.41, 5.74) is 1.14. The number of anilines is 1. The van der Waals surface area contributed by atoms with Crippen LogP contribution in [0.2, 0.25) is 0 Å². The minimum atomic E-state index is -3.52. The van der Waals surface area contributed by atoms with E-state index in [-0.39, 0.29) is 64.8 Å². The van der Waals surface area contributed by atoms with Crippen molar-refractivity contribution in [2.45, 2.75) is 20.4 Å². The number of hydrogen-bond acceptors (Lipinski definition) is 7. The van der Waals surface area contributed by atoms with Crippen molar-refractivity contribution >= 4 is 43.7 Å². The molecule has 0 fully saturated rings. The molecule has 3 aromatic carbocycles. The Morgan fingerprint density at radius 3 is 2.35 bits per heavy atom. The Labute approximate surface area is 283 Å². The van der Waals surface area contributed by atoms with E-state index in [1.807, 2.05) is 30.3 Å². The van der Waals surface area contributed by atoms with Gasteiger partial charge in [0.15, 0.2) is 21.4 Å². The van der Waals surface area contributed by atoms with Crippen LogP contribution in [0.4, 0.5) is 14.5 Å². The van der Waals surface area contributed by atoms with Gasteiger partial charge in [0.1, 0.15) is 22.8 Å². The van der Waals surface area contributed by atoms with Crippen molar-refractivity contribution in [3.8, 4) is 22.6 Å². The van der Waals surface area contributed by atoms with Crippen molar-refractivity contribution in [2.75, 3.05) is 29.0 Å². The molecule has 1 N–H and O–H groups in total. The second kappa shape index (κ2) is 14.7. The molecule has 5 rings (SSSR count). The minimum absolute atomic E-state index is 0.00699. The van der Waals surface area contributed by atoms with Crippen molar-refractivity contribution < 1.29 is 40.2 Å². The average molecular weight is 714 g/mol. The summed E-state index contributed by atoms with van der Waals surface area (Å²) >= 11 is -2.67. The predicted octanol–water partition coefficient (Wildman–Crippen LogP) is 5.68. The zero-order chi connectivity index (χ0) is 35.5. The van der Waals surface area contributed by atoms with Gasteiger partial charge in [-0.3, -0.25) is 13.7 Å². The number of halogens is 2. The maximum absolute atomic E-state index is 14.8. The third-order valence-electron chi connectivity index (χ3n) is 7.79. The number of aryl methyl sites for hydroxylation is 1. The van der Waals surface area contributed by atoms with Crippen molar-refractivity contribution in [2.24, 2.45) is 7.05 Å². The predicted molar refractivity (Wildman–Crippen MR) is 183 cm³/mol. The standard InChI is InChI=1S/C34H33F2N3O8S2/c1-4-46-34(41)29-19-26-27(21-37(3)33(40)32(26)38(29)20-22-9-7-6-8-10-22)25-18-24(39(48(42)43)15-16-49(44,45)5-2)12-14-30(25)47-31-13-11-23(35)17-28(31)36/h6-14,17-19,21H,4-5,15-16,20H2,1-3H3,(H,42,43). The van der Waals surface area contributed by atoms with Gasteiger partial charge in [0.25, 0.3) is 16.8 Å². The molecule has 0 bridgehead atoms. The van der Waals surface area contributed by atoms with E-state index < -0.39 is 50.0 Å². The first-order valence-corrected chi connectivity index (χ1v) is 18.0. The largest absolute Gasteiger partial charge is 0.461 e. The number of rotatable bonds is 13. The number of nitrogens with zero attached hydrogens (tertiary/aromatic N) is 3. The maximum atomic E-state index is 14.8. The second-order valence-corrected chi connectivity index (χ2v) is 14.3. The topological polar surface area (TPSA) is 137 Å². The molecule has 0 spiro atoms. The fourth-order valence-corrected chi connectivity index (χ4v) is 6.71. The Bertz CT molecular complexity index is 2220. The number of ether oxygens (including phenoxy) is 2. The maximum Gasteiger partial charge on any atom is 0.354 e. The molecule has 0 aliphatic heterocycles. The zero-order valence-electron chi connectivity index (χ0n) is 26.8. The Hall–Kier alpha value is -4.86. The van der Waals surface area contributed by atoms with E-state index >= 15 is 0 Å². The van der Waals surface area contributed by atoms with Gasteiger partial charge in [0.2, 0.25) is 0 Å². The quantitative estimate of drug-likeness (QED) is 0.122. The van der Waals surface area contributed by atoms with Gasteiger partial charge in [-0.2, -0.15) is 0 Å². The molecule has 0 amide bonds. The van der Waals surface area contributed by atoms with Crippen molar-refractivity contribution in [1.29, 1.82) is 0 Å². The van der Waals surface area contributed by atoms with Crippen LogP contribution in [0.5, 0.6) is 11.5 Å². The molecule has 1 unspecified atom stereocenters. The van der Waals surface area contributed by atoms with Crippen LogP contribution in [0.15, 0.2) is 83.8 Å². The van der Waals surface area contributed by atoms with Crippen LogP contribution in [0, 0.1) is 11.6 Å². The Balaban J connectivity index is 1.79. The number of sulfone groups is 1. The highest BCUT2D eigenvalue weighted by atomic mass is 32.2. The fraction of sp³-hybridized carbons (Fsp3) is 0.235. The monoisotopic (exact) mass is 713 g/mol. The van der Waals surface area contributed by atoms with Crippen LogP contribution in [-0.4, -0.2) is 56.9 Å². The summed E-state index contributed by atoms with van der Waals surface area (Å²) in [6, 6.07) is 17.6. The third-order valence-corrected chi connectivity index (χ3v) is 10.2. The number of carbonyl (C=O) groups excluding carboxylic acids is 1. The molecule has 49 heavy (non-hydrogen) atoms. The van der Waals surface area contributed by atoms with Gasteiger partial charge < -0.3 is 18.6 Å². The van der Waals surface area contributed by atoms with Gasteiger partial charge in [-0.05, 0) is 48.9 Å². The smallest absolute Gasteiger partial charge is 0.354 e. The SMILES string of the molecule is CCOC(=O)c1cc2c(-c3cc(N(CCS(=O)(=O)CC)S(=O)O)ccc3Oc3ccc(F)cc3F)cn(C)c(=O)c2n1Cc1ccccc1. The molecule has 2 heterocycles. The van der Waals surface area contributed by atoms with Gasteiger partial charge in [-0.15, -0.1) is 0 Å². The van der Waals surface area contributed by atoms with E-state index in [1.165, 1.54) is 49.0 Å². The number of carbonyl (C=O) groups is 1. The lowest BCUT2D eigenvalue weighted by molar-refractivity contribution is 0.0515. The minimum Gasteiger partial charge on any atom is -0.461 e. The number of aromatic nitrogens is 2. The number of benzene rings is 3. The number of fused-ring (bicyclic) bond motifs is 1. The van der Waals surface area contributed by atoms with Gasteiger partial charge in [0, 0.05) is 54.7 Å². The summed E-state index contributed by atoms with van der Waals surface area (Å²) in [6.07, 6.45) is 1.47. The molecule has 11 nitrogen and oxygen atoms in total. The molecule has 15 heteroatoms. The molecule has 2 aromatic heterocycles. The number of hydrogen-bond donors (Lipinski definition) is 1. The number of pyridine rings is 1. The van der Waals surface area contributed by atoms with Gasteiger partial charge in [-0.1, -0.05) is 37.3 Å². The summed E-state index contributed by atoms with van der Waals surface area (Å²) in [4.78, 5) is 27.0. The molecule has 258 valence electrons. The van der Waals surface area contributed by atoms with Crippen molar-refractivity contribution in [1.82, 2.24) is 9.13 Å². The second-order valence-electron chi connectivity index (χ2n) is 11.0. The Morgan fingerprint density at radius 1 is 0.980 bits per heavy atom. The van der Waals surface area contributed by atoms with Crippen molar-refractivity contribution in [3.05, 3.63) is 112 Å². The van der Waals surface area contributed by atoms with E-state index in [0.717, 1.165) is 22.0 Å². The summed E-state index contributed by atoms with van der Waals surface area (Å²) in [7, 11) is -2.02. The molecule has 0 aliphatic rings. The van der Waals surface area contributed by atoms with Crippen LogP contribution < -0.4 is 14.6 Å². The lowest BCUT2D eigenvalue weighted by atomic mass is 10.0. The molecular formula is C34H33F2N3O8S2. The lowest BCUT2D eigenvalue weighted by Crippen LogP contribution is -2.31. The van der Waals surface area contributed by atoms with Crippen molar-refractivity contribution in [3.63, 3.8) is 0 Å². The first-order valence-electron chi connectivity index (χ1n) is 15.1. The van der Waals surface area contributed by atoms with E-state index in [1.54, 1.807) is 11.5 Å². The molecular weight excluding hydrogens is 681 g/mol. The first-order chi connectivity index (χ1) is 23.3. The molecule has 0 saturated carbocycles. The highest BCUT2D eigenvalue weighted by molar-refractivity contribution is 7.91. The molecule has 5 aromatic rings. The lowest BCUT2D eigenvalue weighted by Gasteiger charge is -2.22. The van der Waals surface area contributed by atoms with E-state index in [4.69, 9.17) is 9.47 Å². The molecule has 0 saturated heterocycles. The zero-order valence-corrected chi connectivity index (χ0v) is 28.4. The van der Waals surface area contributed by atoms with Crippen LogP contribution in [0.3, 0.4) is 0 Å². The highest BCUT2D eigenvalue weighted by Crippen LogP contribution is 2.41. The van der Waals surface area contributed by atoms with E-state index in [9.17, 15) is 35.5 Å². The fourth-order valence-electron chi connectivity index (χ4n) is 5.31. The summed E-state index contributed by atoms with van der Waals surface area (Å²) in [6.45, 7) is 2.98.